The predicted molar refractivity (Wildman–Crippen MR) is 203 cm³/mol. The highest BCUT2D eigenvalue weighted by Crippen LogP contribution is 2.53. The molecule has 4 N–H and O–H groups in total. The number of carbonyl (C=O) groups is 3. The smallest absolute Gasteiger partial charge is 0.201 e. The Morgan fingerprint density at radius 1 is 0.792 bits per heavy atom. The van der Waals surface area contributed by atoms with Gasteiger partial charge in [-0.25, -0.2) is 0 Å². The van der Waals surface area contributed by atoms with Crippen LogP contribution in [-0.4, -0.2) is 51.5 Å². The minimum absolute atomic E-state index is 0.00747. The minimum Gasteiger partial charge on any atom is -0.507 e. The van der Waals surface area contributed by atoms with Crippen molar-refractivity contribution < 1.29 is 44.3 Å². The topological polar surface area (TPSA) is 151 Å². The Kier molecular flexibility index (Phi) is 11.5. The molecule has 0 spiro atoms. The van der Waals surface area contributed by atoms with E-state index >= 15 is 0 Å². The third-order valence-electron chi connectivity index (χ3n) is 9.44. The maximum atomic E-state index is 14.1. The molecule has 0 fully saturated rings. The summed E-state index contributed by atoms with van der Waals surface area (Å²) >= 11 is 0. The van der Waals surface area contributed by atoms with E-state index in [-0.39, 0.29) is 80.7 Å². The van der Waals surface area contributed by atoms with Gasteiger partial charge >= 0.3 is 0 Å². The van der Waals surface area contributed by atoms with Crippen LogP contribution in [-0.2, 0) is 0 Å². The van der Waals surface area contributed by atoms with Crippen molar-refractivity contribution in [2.24, 2.45) is 5.92 Å². The predicted octanol–water partition coefficient (Wildman–Crippen LogP) is 9.08. The third kappa shape index (κ3) is 7.70. The number of methoxy groups -OCH3 is 1. The number of ether oxygens (including phenoxy) is 2. The molecule has 276 valence electrons. The van der Waals surface area contributed by atoms with Crippen LogP contribution in [0.3, 0.4) is 0 Å². The number of aryl methyl sites for hydroxylation is 1. The summed E-state index contributed by atoms with van der Waals surface area (Å²) in [5, 5.41) is 46.3. The standard InChI is InChI=1S/C44H46O9/c1-23(2)12-11-13-25(5)16-17-53-34-22-32(46)39(40(47)27-14-9-8-10-15-27)44(51)37(34)28(18-24(3)4)36-33(52-7)21-30-38(43(36)50)42(49)35-29(41(30)48)19-26(6)20-31(35)45/h8-10,12,14-16,19-22,24,28,45-46,50-51H,11,13,17-18H2,1-7H3/t28-/m0/s1. The van der Waals surface area contributed by atoms with Crippen LogP contribution >= 0.6 is 0 Å². The van der Waals surface area contributed by atoms with Crippen molar-refractivity contribution in [1.29, 1.82) is 0 Å². The van der Waals surface area contributed by atoms with E-state index in [0.29, 0.717) is 5.56 Å². The first kappa shape index (κ1) is 38.4. The van der Waals surface area contributed by atoms with E-state index in [1.165, 1.54) is 36.9 Å². The average Bonchev–Trinajstić information content (AvgIpc) is 3.09. The summed E-state index contributed by atoms with van der Waals surface area (Å²) in [7, 11) is 1.36. The van der Waals surface area contributed by atoms with Gasteiger partial charge in [-0.2, -0.15) is 0 Å². The number of aromatic hydroxyl groups is 4. The van der Waals surface area contributed by atoms with E-state index in [4.69, 9.17) is 9.47 Å². The van der Waals surface area contributed by atoms with E-state index < -0.39 is 40.5 Å². The highest BCUT2D eigenvalue weighted by atomic mass is 16.5. The number of ketones is 3. The molecular weight excluding hydrogens is 672 g/mol. The summed E-state index contributed by atoms with van der Waals surface area (Å²) in [6.45, 7) is 11.6. The Balaban J connectivity index is 1.75. The second kappa shape index (κ2) is 15.8. The molecule has 0 bridgehead atoms. The van der Waals surface area contributed by atoms with Gasteiger partial charge in [0.1, 0.15) is 46.7 Å². The summed E-state index contributed by atoms with van der Waals surface area (Å²) in [5.74, 6) is -5.00. The maximum absolute atomic E-state index is 14.1. The Morgan fingerprint density at radius 2 is 1.45 bits per heavy atom. The van der Waals surface area contributed by atoms with Gasteiger partial charge in [0.15, 0.2) is 5.78 Å². The molecule has 9 heteroatoms. The quantitative estimate of drug-likeness (QED) is 0.0690. The second-order valence-electron chi connectivity index (χ2n) is 14.2. The van der Waals surface area contributed by atoms with Gasteiger partial charge in [-0.05, 0) is 82.7 Å². The van der Waals surface area contributed by atoms with Crippen LogP contribution in [0.4, 0.5) is 0 Å². The molecule has 0 amide bonds. The molecule has 0 heterocycles. The van der Waals surface area contributed by atoms with E-state index in [2.05, 4.69) is 6.08 Å². The Bertz CT molecular complexity index is 2150. The summed E-state index contributed by atoms with van der Waals surface area (Å²) in [6.07, 6.45) is 5.92. The molecule has 1 atom stereocenters. The minimum atomic E-state index is -0.994. The van der Waals surface area contributed by atoms with Crippen molar-refractivity contribution in [1.82, 2.24) is 0 Å². The summed E-state index contributed by atoms with van der Waals surface area (Å²) < 4.78 is 12.0. The molecule has 1 aliphatic rings. The summed E-state index contributed by atoms with van der Waals surface area (Å²) in [6, 6.07) is 13.7. The molecule has 1 aliphatic carbocycles. The van der Waals surface area contributed by atoms with Crippen LogP contribution in [0.1, 0.15) is 124 Å². The monoisotopic (exact) mass is 718 g/mol. The molecule has 9 nitrogen and oxygen atoms in total. The van der Waals surface area contributed by atoms with Crippen LogP contribution in [0.5, 0.6) is 34.5 Å². The van der Waals surface area contributed by atoms with E-state index in [1.54, 1.807) is 37.3 Å². The van der Waals surface area contributed by atoms with Crippen molar-refractivity contribution in [3.8, 4) is 34.5 Å². The molecule has 0 saturated heterocycles. The number of rotatable bonds is 13. The number of phenols is 4. The molecule has 4 aromatic carbocycles. The lowest BCUT2D eigenvalue weighted by molar-refractivity contribution is 0.0973. The van der Waals surface area contributed by atoms with Crippen molar-refractivity contribution in [3.05, 3.63) is 128 Å². The fourth-order valence-electron chi connectivity index (χ4n) is 6.91. The molecule has 0 radical (unpaired) electrons. The summed E-state index contributed by atoms with van der Waals surface area (Å²) in [5.41, 5.74) is 2.21. The zero-order valence-corrected chi connectivity index (χ0v) is 31.2. The van der Waals surface area contributed by atoms with E-state index in [9.17, 15) is 34.8 Å². The van der Waals surface area contributed by atoms with Crippen molar-refractivity contribution in [2.45, 2.75) is 66.7 Å². The van der Waals surface area contributed by atoms with Gasteiger partial charge in [-0.3, -0.25) is 14.4 Å². The number of carbonyl (C=O) groups excluding carboxylic acids is 3. The molecule has 5 rings (SSSR count). The number of hydrogen-bond donors (Lipinski definition) is 4. The van der Waals surface area contributed by atoms with E-state index in [1.807, 2.05) is 40.7 Å². The lowest BCUT2D eigenvalue weighted by atomic mass is 9.76. The normalized spacial score (nSPS) is 13.0. The van der Waals surface area contributed by atoms with Gasteiger partial charge in [-0.15, -0.1) is 0 Å². The molecule has 0 saturated carbocycles. The van der Waals surface area contributed by atoms with Crippen LogP contribution in [0.15, 0.2) is 77.9 Å². The van der Waals surface area contributed by atoms with Gasteiger partial charge in [0.05, 0.1) is 18.2 Å². The van der Waals surface area contributed by atoms with Gasteiger partial charge in [0.2, 0.25) is 11.6 Å². The first-order valence-corrected chi connectivity index (χ1v) is 17.6. The van der Waals surface area contributed by atoms with Gasteiger partial charge in [0, 0.05) is 39.8 Å². The Morgan fingerprint density at radius 3 is 2.09 bits per heavy atom. The first-order chi connectivity index (χ1) is 25.2. The number of allylic oxidation sites excluding steroid dienone is 3. The third-order valence-corrected chi connectivity index (χ3v) is 9.44. The zero-order chi connectivity index (χ0) is 38.7. The Hall–Kier alpha value is -5.83. The molecular formula is C44H46O9. The van der Waals surface area contributed by atoms with Crippen LogP contribution in [0.2, 0.25) is 0 Å². The first-order valence-electron chi connectivity index (χ1n) is 17.6. The van der Waals surface area contributed by atoms with Crippen molar-refractivity contribution in [2.75, 3.05) is 13.7 Å². The lowest BCUT2D eigenvalue weighted by Gasteiger charge is -2.29. The Labute approximate surface area is 309 Å². The largest absolute Gasteiger partial charge is 0.507 e. The molecule has 0 aromatic heterocycles. The number of fused-ring (bicyclic) bond motifs is 2. The molecule has 0 unspecified atom stereocenters. The fourth-order valence-corrected chi connectivity index (χ4v) is 6.91. The zero-order valence-electron chi connectivity index (χ0n) is 31.2. The van der Waals surface area contributed by atoms with Gasteiger partial charge in [-0.1, -0.05) is 61.4 Å². The van der Waals surface area contributed by atoms with Gasteiger partial charge in [0.25, 0.3) is 0 Å². The van der Waals surface area contributed by atoms with Crippen molar-refractivity contribution >= 4 is 17.3 Å². The highest BCUT2D eigenvalue weighted by Gasteiger charge is 2.40. The lowest BCUT2D eigenvalue weighted by Crippen LogP contribution is -2.23. The number of phenolic OH excluding ortho intramolecular Hbond substituents is 4. The second-order valence-corrected chi connectivity index (χ2v) is 14.2. The number of hydrogen-bond acceptors (Lipinski definition) is 9. The molecule has 0 aliphatic heterocycles. The highest BCUT2D eigenvalue weighted by molar-refractivity contribution is 6.30. The fraction of sp³-hybridized carbons (Fsp3) is 0.295. The van der Waals surface area contributed by atoms with Crippen molar-refractivity contribution in [3.63, 3.8) is 0 Å². The molecule has 4 aromatic rings. The SMILES string of the molecule is COc1cc2c(c(O)c1[C@H](CC(C)C)c1c(OCC=C(C)CCC=C(C)C)cc(O)c(C(=O)c3ccccc3)c1O)C(=O)c1c(O)cc(C)cc1C2=O. The molecule has 53 heavy (non-hydrogen) atoms. The summed E-state index contributed by atoms with van der Waals surface area (Å²) in [4.78, 5) is 41.7. The van der Waals surface area contributed by atoms with Crippen LogP contribution in [0.25, 0.3) is 0 Å². The van der Waals surface area contributed by atoms with Gasteiger partial charge < -0.3 is 29.9 Å². The maximum Gasteiger partial charge on any atom is 0.201 e. The number of benzene rings is 4. The average molecular weight is 719 g/mol. The van der Waals surface area contributed by atoms with Crippen LogP contribution < -0.4 is 9.47 Å². The van der Waals surface area contributed by atoms with Crippen LogP contribution in [0, 0.1) is 12.8 Å². The van der Waals surface area contributed by atoms with E-state index in [0.717, 1.165) is 18.4 Å².